The number of nitrogens with zero attached hydrogens (tertiary/aromatic N) is 2. The van der Waals surface area contributed by atoms with E-state index in [2.05, 4.69) is 10.3 Å². The molecule has 3 rings (SSSR count). The van der Waals surface area contributed by atoms with E-state index in [0.29, 0.717) is 24.2 Å². The van der Waals surface area contributed by atoms with Gasteiger partial charge >= 0.3 is 0 Å². The van der Waals surface area contributed by atoms with Gasteiger partial charge in [0.1, 0.15) is 11.5 Å². The van der Waals surface area contributed by atoms with Gasteiger partial charge in [0, 0.05) is 6.20 Å². The molecule has 0 aliphatic heterocycles. The molecule has 21 heavy (non-hydrogen) atoms. The molecule has 3 aromatic rings. The molecule has 0 radical (unpaired) electrons. The number of hydrogen-bond acceptors (Lipinski definition) is 2. The van der Waals surface area contributed by atoms with Crippen molar-refractivity contribution in [3.8, 4) is 11.1 Å². The zero-order valence-electron chi connectivity index (χ0n) is 11.5. The first-order valence-corrected chi connectivity index (χ1v) is 6.69. The molecule has 0 saturated heterocycles. The average Bonchev–Trinajstić information content (AvgIpc) is 2.88. The molecule has 106 valence electrons. The molecule has 0 aliphatic carbocycles. The first-order valence-electron chi connectivity index (χ1n) is 6.69. The van der Waals surface area contributed by atoms with Gasteiger partial charge < -0.3 is 9.72 Å². The van der Waals surface area contributed by atoms with Crippen molar-refractivity contribution in [2.45, 2.75) is 13.3 Å². The highest BCUT2D eigenvalue weighted by Gasteiger charge is 2.10. The average molecular weight is 283 g/mol. The number of imidazole rings is 1. The summed E-state index contributed by atoms with van der Waals surface area (Å²) in [5.74, 6) is 0.293. The van der Waals surface area contributed by atoms with Crippen LogP contribution in [-0.4, -0.2) is 15.8 Å². The summed E-state index contributed by atoms with van der Waals surface area (Å²) < 4.78 is 15.7. The maximum atomic E-state index is 13.9. The van der Waals surface area contributed by atoms with Crippen molar-refractivity contribution >= 4 is 17.9 Å². The summed E-state index contributed by atoms with van der Waals surface area (Å²) in [5, 5.41) is 2.52. The second-order valence-electron chi connectivity index (χ2n) is 4.69. The van der Waals surface area contributed by atoms with Crippen LogP contribution in [0.4, 0.5) is 10.2 Å². The lowest BCUT2D eigenvalue weighted by molar-refractivity contribution is -0.105. The highest BCUT2D eigenvalue weighted by atomic mass is 19.1. The molecule has 1 amide bonds. The predicted molar refractivity (Wildman–Crippen MR) is 79.7 cm³/mol. The van der Waals surface area contributed by atoms with Crippen LogP contribution in [0, 0.1) is 5.82 Å². The Kier molecular flexibility index (Phi) is 3.39. The molecule has 0 atom stereocenters. The molecular weight excluding hydrogens is 269 g/mol. The molecule has 0 saturated carbocycles. The SMILES string of the molecule is CCc1c(F)cccc1-c1ccc2nc(NC=O)cn2c1. The molecular formula is C16H14FN3O. The van der Waals surface area contributed by atoms with E-state index in [1.807, 2.05) is 35.7 Å². The normalized spacial score (nSPS) is 10.8. The number of carbonyl (C=O) groups is 1. The Morgan fingerprint density at radius 2 is 2.14 bits per heavy atom. The summed E-state index contributed by atoms with van der Waals surface area (Å²) in [6, 6.07) is 8.84. The Balaban J connectivity index is 2.12. The fourth-order valence-corrected chi connectivity index (χ4v) is 2.47. The van der Waals surface area contributed by atoms with Crippen LogP contribution < -0.4 is 5.32 Å². The van der Waals surface area contributed by atoms with Crippen molar-refractivity contribution in [2.24, 2.45) is 0 Å². The van der Waals surface area contributed by atoms with Crippen LogP contribution in [0.2, 0.25) is 0 Å². The first kappa shape index (κ1) is 13.3. The third kappa shape index (κ3) is 2.38. The van der Waals surface area contributed by atoms with Gasteiger partial charge in [0.15, 0.2) is 5.82 Å². The number of benzene rings is 1. The van der Waals surface area contributed by atoms with E-state index in [9.17, 15) is 9.18 Å². The maximum absolute atomic E-state index is 13.9. The van der Waals surface area contributed by atoms with E-state index in [-0.39, 0.29) is 5.82 Å². The largest absolute Gasteiger partial charge is 0.312 e. The van der Waals surface area contributed by atoms with Gasteiger partial charge in [-0.1, -0.05) is 19.1 Å². The highest BCUT2D eigenvalue weighted by Crippen LogP contribution is 2.27. The lowest BCUT2D eigenvalue weighted by atomic mass is 9.99. The first-order chi connectivity index (χ1) is 10.2. The zero-order valence-corrected chi connectivity index (χ0v) is 11.5. The minimum Gasteiger partial charge on any atom is -0.312 e. The number of aromatic nitrogens is 2. The molecule has 0 aliphatic rings. The Hall–Kier alpha value is -2.69. The number of anilines is 1. The third-order valence-electron chi connectivity index (χ3n) is 3.44. The Morgan fingerprint density at radius 1 is 1.29 bits per heavy atom. The maximum Gasteiger partial charge on any atom is 0.212 e. The Labute approximate surface area is 121 Å². The van der Waals surface area contributed by atoms with Crippen molar-refractivity contribution in [2.75, 3.05) is 5.32 Å². The fourth-order valence-electron chi connectivity index (χ4n) is 2.47. The molecule has 2 aromatic heterocycles. The lowest BCUT2D eigenvalue weighted by Gasteiger charge is -2.09. The van der Waals surface area contributed by atoms with Gasteiger partial charge in [-0.25, -0.2) is 9.37 Å². The summed E-state index contributed by atoms with van der Waals surface area (Å²) in [4.78, 5) is 14.7. The van der Waals surface area contributed by atoms with Gasteiger partial charge in [-0.15, -0.1) is 0 Å². The van der Waals surface area contributed by atoms with Crippen LogP contribution in [0.25, 0.3) is 16.8 Å². The minimum absolute atomic E-state index is 0.191. The molecule has 1 aromatic carbocycles. The predicted octanol–water partition coefficient (Wildman–Crippen LogP) is 3.27. The number of halogens is 1. The van der Waals surface area contributed by atoms with Gasteiger partial charge in [0.25, 0.3) is 0 Å². The summed E-state index contributed by atoms with van der Waals surface area (Å²) in [6.07, 6.45) is 4.82. The van der Waals surface area contributed by atoms with Gasteiger partial charge in [0.2, 0.25) is 6.41 Å². The van der Waals surface area contributed by atoms with E-state index in [1.54, 1.807) is 12.3 Å². The second kappa shape index (κ2) is 5.36. The smallest absolute Gasteiger partial charge is 0.212 e. The molecule has 0 bridgehead atoms. The fraction of sp³-hybridized carbons (Fsp3) is 0.125. The van der Waals surface area contributed by atoms with E-state index in [4.69, 9.17) is 0 Å². The van der Waals surface area contributed by atoms with E-state index in [1.165, 1.54) is 6.07 Å². The molecule has 2 heterocycles. The van der Waals surface area contributed by atoms with Crippen LogP contribution >= 0.6 is 0 Å². The number of amides is 1. The van der Waals surface area contributed by atoms with E-state index >= 15 is 0 Å². The van der Waals surface area contributed by atoms with E-state index in [0.717, 1.165) is 16.8 Å². The van der Waals surface area contributed by atoms with Gasteiger partial charge in [-0.2, -0.15) is 0 Å². The molecule has 0 fully saturated rings. The van der Waals surface area contributed by atoms with E-state index < -0.39 is 0 Å². The van der Waals surface area contributed by atoms with Crippen LogP contribution in [0.1, 0.15) is 12.5 Å². The standard InChI is InChI=1S/C16H14FN3O/c1-2-12-13(4-3-5-14(12)17)11-6-7-16-19-15(18-10-21)9-20(16)8-11/h3-10H,2H2,1H3,(H,18,21). The van der Waals surface area contributed by atoms with Crippen LogP contribution in [0.3, 0.4) is 0 Å². The summed E-state index contributed by atoms with van der Waals surface area (Å²) in [7, 11) is 0. The topological polar surface area (TPSA) is 46.4 Å². The minimum atomic E-state index is -0.191. The van der Waals surface area contributed by atoms with Crippen molar-refractivity contribution < 1.29 is 9.18 Å². The van der Waals surface area contributed by atoms with Crippen LogP contribution in [0.5, 0.6) is 0 Å². The molecule has 0 unspecified atom stereocenters. The van der Waals surface area contributed by atoms with Gasteiger partial charge in [-0.05, 0) is 41.3 Å². The van der Waals surface area contributed by atoms with Crippen molar-refractivity contribution in [3.63, 3.8) is 0 Å². The summed E-state index contributed by atoms with van der Waals surface area (Å²) in [6.45, 7) is 1.93. The van der Waals surface area contributed by atoms with Crippen molar-refractivity contribution in [1.29, 1.82) is 0 Å². The quantitative estimate of drug-likeness (QED) is 0.747. The van der Waals surface area contributed by atoms with Crippen molar-refractivity contribution in [1.82, 2.24) is 9.38 Å². The van der Waals surface area contributed by atoms with Crippen molar-refractivity contribution in [3.05, 3.63) is 54.1 Å². The van der Waals surface area contributed by atoms with Gasteiger partial charge in [0.05, 0.1) is 6.20 Å². The monoisotopic (exact) mass is 283 g/mol. The van der Waals surface area contributed by atoms with Crippen LogP contribution in [0.15, 0.2) is 42.7 Å². The zero-order chi connectivity index (χ0) is 14.8. The number of nitrogens with one attached hydrogen (secondary N) is 1. The summed E-state index contributed by atoms with van der Waals surface area (Å²) >= 11 is 0. The summed E-state index contributed by atoms with van der Waals surface area (Å²) in [5.41, 5.74) is 3.20. The second-order valence-corrected chi connectivity index (χ2v) is 4.69. The number of fused-ring (bicyclic) bond motifs is 1. The van der Waals surface area contributed by atoms with Gasteiger partial charge in [-0.3, -0.25) is 4.79 Å². The molecule has 0 spiro atoms. The number of hydrogen-bond donors (Lipinski definition) is 1. The van der Waals surface area contributed by atoms with Crippen LogP contribution in [-0.2, 0) is 11.2 Å². The number of carbonyl (C=O) groups excluding carboxylic acids is 1. The lowest BCUT2D eigenvalue weighted by Crippen LogP contribution is -1.94. The Bertz CT molecular complexity index is 810. The number of rotatable bonds is 4. The third-order valence-corrected chi connectivity index (χ3v) is 3.44. The molecule has 5 heteroatoms. The number of pyridine rings is 1. The Morgan fingerprint density at radius 3 is 2.90 bits per heavy atom. The highest BCUT2D eigenvalue weighted by molar-refractivity contribution is 5.72. The molecule has 4 nitrogen and oxygen atoms in total. The molecule has 1 N–H and O–H groups in total.